The summed E-state index contributed by atoms with van der Waals surface area (Å²) in [4.78, 5) is 21.7. The van der Waals surface area contributed by atoms with Crippen LogP contribution in [-0.4, -0.2) is 55.8 Å². The van der Waals surface area contributed by atoms with Crippen molar-refractivity contribution in [1.82, 2.24) is 29.5 Å². The van der Waals surface area contributed by atoms with E-state index in [4.69, 9.17) is 19.4 Å². The number of carbonyl (C=O) groups is 1. The number of nitrogens with zero attached hydrogens (tertiary/aromatic N) is 6. The predicted octanol–water partition coefficient (Wildman–Crippen LogP) is 3.80. The average Bonchev–Trinajstić information content (AvgIpc) is 3.39. The Morgan fingerprint density at radius 2 is 2.06 bits per heavy atom. The monoisotopic (exact) mass is 446 g/mol. The predicted molar refractivity (Wildman–Crippen MR) is 125 cm³/mol. The zero-order valence-corrected chi connectivity index (χ0v) is 19.0. The average molecular weight is 447 g/mol. The fourth-order valence-electron chi connectivity index (χ4n) is 4.81. The van der Waals surface area contributed by atoms with Gasteiger partial charge < -0.3 is 14.0 Å². The van der Waals surface area contributed by atoms with E-state index in [-0.39, 0.29) is 6.04 Å². The van der Waals surface area contributed by atoms with Gasteiger partial charge in [0.05, 0.1) is 29.4 Å². The van der Waals surface area contributed by atoms with Crippen LogP contribution in [0.1, 0.15) is 41.9 Å². The summed E-state index contributed by atoms with van der Waals surface area (Å²) in [5.74, 6) is 0.0291. The zero-order valence-electron chi connectivity index (χ0n) is 19.0. The lowest BCUT2D eigenvalue weighted by Gasteiger charge is -2.29. The first-order valence-corrected chi connectivity index (χ1v) is 11.0. The summed E-state index contributed by atoms with van der Waals surface area (Å²) < 4.78 is 14.5. The number of aryl methyl sites for hydroxylation is 1. The van der Waals surface area contributed by atoms with Gasteiger partial charge in [0.25, 0.3) is 0 Å². The summed E-state index contributed by atoms with van der Waals surface area (Å²) in [7, 11) is 3.22. The van der Waals surface area contributed by atoms with Crippen LogP contribution in [-0.2, 0) is 16.5 Å². The minimum Gasteiger partial charge on any atom is -0.465 e. The molecule has 170 valence electrons. The Kier molecular flexibility index (Phi) is 5.41. The number of esters is 1. The number of ether oxygens (including phenoxy) is 2. The molecule has 0 unspecified atom stereocenters. The van der Waals surface area contributed by atoms with Crippen LogP contribution >= 0.6 is 0 Å². The molecule has 0 saturated carbocycles. The number of rotatable bonds is 5. The van der Waals surface area contributed by atoms with Crippen LogP contribution in [0.5, 0.6) is 0 Å². The Balaban J connectivity index is 1.77. The van der Waals surface area contributed by atoms with Gasteiger partial charge >= 0.3 is 5.97 Å². The molecule has 1 saturated heterocycles. The maximum Gasteiger partial charge on any atom is 0.339 e. The SMILES string of the molecule is C=Cc1nnn(C)c1-c1cnc2c3cc(C(=O)OC)cnc3n([C@H](C)C3CCOCC3)c2c1. The van der Waals surface area contributed by atoms with Crippen molar-refractivity contribution in [3.63, 3.8) is 0 Å². The summed E-state index contributed by atoms with van der Waals surface area (Å²) in [6.07, 6.45) is 7.05. The number of hydrogen-bond donors (Lipinski definition) is 0. The van der Waals surface area contributed by atoms with Gasteiger partial charge in [-0.3, -0.25) is 4.98 Å². The molecule has 9 heteroatoms. The van der Waals surface area contributed by atoms with Crippen molar-refractivity contribution in [2.45, 2.75) is 25.8 Å². The Morgan fingerprint density at radius 3 is 2.79 bits per heavy atom. The summed E-state index contributed by atoms with van der Waals surface area (Å²) >= 11 is 0. The largest absolute Gasteiger partial charge is 0.465 e. The summed E-state index contributed by atoms with van der Waals surface area (Å²) in [5.41, 5.74) is 5.38. The van der Waals surface area contributed by atoms with E-state index in [0.717, 1.165) is 59.4 Å². The molecule has 0 aromatic carbocycles. The highest BCUT2D eigenvalue weighted by atomic mass is 16.5. The number of methoxy groups -OCH3 is 1. The summed E-state index contributed by atoms with van der Waals surface area (Å²) in [6.45, 7) is 7.61. The van der Waals surface area contributed by atoms with Crippen molar-refractivity contribution >= 4 is 34.1 Å². The molecule has 1 aliphatic heterocycles. The molecule has 0 amide bonds. The van der Waals surface area contributed by atoms with Crippen molar-refractivity contribution in [3.05, 3.63) is 42.4 Å². The lowest BCUT2D eigenvalue weighted by molar-refractivity contribution is 0.0524. The Bertz CT molecular complexity index is 1370. The van der Waals surface area contributed by atoms with Gasteiger partial charge in [0.2, 0.25) is 0 Å². The van der Waals surface area contributed by atoms with Gasteiger partial charge in [-0.15, -0.1) is 5.10 Å². The Morgan fingerprint density at radius 1 is 1.27 bits per heavy atom. The van der Waals surface area contributed by atoms with Crippen LogP contribution in [0.15, 0.2) is 31.1 Å². The van der Waals surface area contributed by atoms with Crippen LogP contribution in [0.4, 0.5) is 0 Å². The number of pyridine rings is 2. The Labute approximate surface area is 191 Å². The minimum atomic E-state index is -0.420. The maximum atomic E-state index is 12.2. The molecule has 1 fully saturated rings. The summed E-state index contributed by atoms with van der Waals surface area (Å²) in [6, 6.07) is 4.09. The fourth-order valence-corrected chi connectivity index (χ4v) is 4.81. The summed E-state index contributed by atoms with van der Waals surface area (Å²) in [5, 5.41) is 9.15. The highest BCUT2D eigenvalue weighted by Gasteiger charge is 2.27. The molecule has 0 bridgehead atoms. The molecule has 4 aromatic heterocycles. The molecule has 0 aliphatic carbocycles. The smallest absolute Gasteiger partial charge is 0.339 e. The van der Waals surface area contributed by atoms with Crippen molar-refractivity contribution in [2.75, 3.05) is 20.3 Å². The molecule has 0 spiro atoms. The third-order valence-corrected chi connectivity index (χ3v) is 6.57. The normalized spacial score (nSPS) is 15.7. The first-order valence-electron chi connectivity index (χ1n) is 11.0. The van der Waals surface area contributed by atoms with Crippen LogP contribution in [0, 0.1) is 5.92 Å². The van der Waals surface area contributed by atoms with E-state index < -0.39 is 5.97 Å². The standard InChI is InChI=1S/C24H26N6O3/c1-5-19-22(29(3)28-27-19)16-11-20-21(25-12-16)18-10-17(24(31)32-4)13-26-23(18)30(20)14(2)15-6-8-33-9-7-15/h5,10-15H,1,6-9H2,2-4H3/t14-/m1/s1. The van der Waals surface area contributed by atoms with Gasteiger partial charge in [0, 0.05) is 49.6 Å². The first-order chi connectivity index (χ1) is 16.0. The molecule has 33 heavy (non-hydrogen) atoms. The van der Waals surface area contributed by atoms with E-state index in [2.05, 4.69) is 34.4 Å². The molecular weight excluding hydrogens is 420 g/mol. The molecule has 0 radical (unpaired) electrons. The second-order valence-electron chi connectivity index (χ2n) is 8.39. The van der Waals surface area contributed by atoms with Gasteiger partial charge in [0.15, 0.2) is 0 Å². The fraction of sp³-hybridized carbons (Fsp3) is 0.375. The van der Waals surface area contributed by atoms with Crippen LogP contribution < -0.4 is 0 Å². The van der Waals surface area contributed by atoms with Crippen molar-refractivity contribution < 1.29 is 14.3 Å². The quantitative estimate of drug-likeness (QED) is 0.430. The highest BCUT2D eigenvalue weighted by molar-refractivity contribution is 6.07. The van der Waals surface area contributed by atoms with Gasteiger partial charge in [-0.2, -0.15) is 0 Å². The second-order valence-corrected chi connectivity index (χ2v) is 8.39. The van der Waals surface area contributed by atoms with Gasteiger partial charge in [-0.25, -0.2) is 14.5 Å². The maximum absolute atomic E-state index is 12.2. The van der Waals surface area contributed by atoms with E-state index in [0.29, 0.717) is 17.2 Å². The number of hydrogen-bond acceptors (Lipinski definition) is 7. The van der Waals surface area contributed by atoms with E-state index in [1.807, 2.05) is 19.3 Å². The molecule has 5 heterocycles. The van der Waals surface area contributed by atoms with Crippen LogP contribution in [0.25, 0.3) is 39.4 Å². The topological polar surface area (TPSA) is 97.0 Å². The van der Waals surface area contributed by atoms with Gasteiger partial charge in [-0.05, 0) is 43.9 Å². The number of carbonyl (C=O) groups excluding carboxylic acids is 1. The zero-order chi connectivity index (χ0) is 23.1. The third kappa shape index (κ3) is 3.48. The van der Waals surface area contributed by atoms with Gasteiger partial charge in [0.1, 0.15) is 11.3 Å². The number of aromatic nitrogens is 6. The lowest BCUT2D eigenvalue weighted by atomic mass is 9.92. The first kappa shape index (κ1) is 21.3. The van der Waals surface area contributed by atoms with Crippen LogP contribution in [0.2, 0.25) is 0 Å². The molecule has 0 N–H and O–H groups in total. The van der Waals surface area contributed by atoms with E-state index in [1.165, 1.54) is 7.11 Å². The van der Waals surface area contributed by atoms with E-state index >= 15 is 0 Å². The highest BCUT2D eigenvalue weighted by Crippen LogP contribution is 2.37. The Hall–Kier alpha value is -3.59. The lowest BCUT2D eigenvalue weighted by Crippen LogP contribution is -2.24. The number of fused-ring (bicyclic) bond motifs is 3. The van der Waals surface area contributed by atoms with Crippen molar-refractivity contribution in [3.8, 4) is 11.3 Å². The molecule has 5 rings (SSSR count). The van der Waals surface area contributed by atoms with Gasteiger partial charge in [-0.1, -0.05) is 11.8 Å². The minimum absolute atomic E-state index is 0.172. The van der Waals surface area contributed by atoms with E-state index in [1.54, 1.807) is 17.0 Å². The molecule has 9 nitrogen and oxygen atoms in total. The molecule has 4 aromatic rings. The van der Waals surface area contributed by atoms with Crippen molar-refractivity contribution in [1.29, 1.82) is 0 Å². The molecule has 1 atom stereocenters. The molecule has 1 aliphatic rings. The second kappa shape index (κ2) is 8.40. The molecular formula is C24H26N6O3. The van der Waals surface area contributed by atoms with Crippen molar-refractivity contribution in [2.24, 2.45) is 13.0 Å². The van der Waals surface area contributed by atoms with E-state index in [9.17, 15) is 4.79 Å². The van der Waals surface area contributed by atoms with Crippen LogP contribution in [0.3, 0.4) is 0 Å². The third-order valence-electron chi connectivity index (χ3n) is 6.57.